The first-order valence-corrected chi connectivity index (χ1v) is 16.0. The number of carbonyl (C=O) groups is 1. The Morgan fingerprint density at radius 2 is 1.87 bits per heavy atom. The van der Waals surface area contributed by atoms with E-state index >= 15 is 4.39 Å². The Balaban J connectivity index is 1.32. The maximum Gasteiger partial charge on any atom is 0.355 e. The molecule has 0 amide bonds. The van der Waals surface area contributed by atoms with Gasteiger partial charge in [0.25, 0.3) is 0 Å². The van der Waals surface area contributed by atoms with Crippen molar-refractivity contribution in [2.24, 2.45) is 7.05 Å². The van der Waals surface area contributed by atoms with Gasteiger partial charge in [0.1, 0.15) is 17.3 Å². The summed E-state index contributed by atoms with van der Waals surface area (Å²) in [6.45, 7) is 7.89. The molecule has 242 valence electrons. The van der Waals surface area contributed by atoms with E-state index in [2.05, 4.69) is 27.1 Å². The molecule has 2 aromatic heterocycles. The topological polar surface area (TPSA) is 102 Å². The van der Waals surface area contributed by atoms with Gasteiger partial charge in [-0.05, 0) is 62.3 Å². The summed E-state index contributed by atoms with van der Waals surface area (Å²) in [7, 11) is 1.79. The number of aryl methyl sites for hydroxylation is 2. The molecule has 9 nitrogen and oxygen atoms in total. The number of halogens is 1. The van der Waals surface area contributed by atoms with E-state index in [1.165, 1.54) is 6.07 Å². The standard InChI is InChI=1S/C36H41FN4O5/c1-4-45-36(43)34-26(12-8-20-46-30-13-7-10-24-9-5-6-11-25(24)30)27-14-15-28(37)32(33(27)38-34)31-23(2)40(3)39-35(31)29(42)16-17-41-18-21-44-22-19-41/h5-7,9-11,13-15,29,38,42H,4,8,12,16-22H2,1-3H3. The molecule has 0 bridgehead atoms. The van der Waals surface area contributed by atoms with Crippen molar-refractivity contribution >= 4 is 27.6 Å². The van der Waals surface area contributed by atoms with E-state index in [1.807, 2.05) is 37.3 Å². The minimum atomic E-state index is -0.905. The number of carbonyl (C=O) groups excluding carboxylic acids is 1. The van der Waals surface area contributed by atoms with Gasteiger partial charge in [0.2, 0.25) is 0 Å². The van der Waals surface area contributed by atoms with E-state index in [4.69, 9.17) is 14.2 Å². The number of hydrogen-bond acceptors (Lipinski definition) is 7. The molecule has 0 radical (unpaired) electrons. The van der Waals surface area contributed by atoms with Crippen LogP contribution in [0.25, 0.3) is 32.8 Å². The quantitative estimate of drug-likeness (QED) is 0.127. The SMILES string of the molecule is CCOC(=O)c1[nH]c2c(-c3c(C(O)CCN4CCOCC4)nn(C)c3C)c(F)ccc2c1CCCOc1cccc2ccccc12. The van der Waals surface area contributed by atoms with Crippen LogP contribution in [0.4, 0.5) is 4.39 Å². The molecule has 0 aliphatic carbocycles. The molecule has 1 saturated heterocycles. The minimum absolute atomic E-state index is 0.209. The summed E-state index contributed by atoms with van der Waals surface area (Å²) >= 11 is 0. The Morgan fingerprint density at radius 1 is 1.09 bits per heavy atom. The molecule has 6 rings (SSSR count). The maximum absolute atomic E-state index is 15.9. The number of fused-ring (bicyclic) bond motifs is 2. The Hall–Kier alpha value is -4.25. The molecule has 0 spiro atoms. The van der Waals surface area contributed by atoms with Crippen LogP contribution < -0.4 is 4.74 Å². The lowest BCUT2D eigenvalue weighted by Gasteiger charge is -2.27. The molecule has 1 aliphatic heterocycles. The number of esters is 1. The van der Waals surface area contributed by atoms with E-state index in [0.717, 1.165) is 40.6 Å². The number of aliphatic hydroxyl groups is 1. The molecule has 1 atom stereocenters. The number of H-pyrrole nitrogens is 1. The maximum atomic E-state index is 15.9. The van der Waals surface area contributed by atoms with Gasteiger partial charge in [-0.1, -0.05) is 36.4 Å². The number of hydrogen-bond donors (Lipinski definition) is 2. The second-order valence-electron chi connectivity index (χ2n) is 11.7. The van der Waals surface area contributed by atoms with E-state index in [0.29, 0.717) is 73.8 Å². The molecule has 1 aliphatic rings. The van der Waals surface area contributed by atoms with Crippen molar-refractivity contribution < 1.29 is 28.5 Å². The molecule has 1 fully saturated rings. The summed E-state index contributed by atoms with van der Waals surface area (Å²) in [4.78, 5) is 18.7. The number of benzene rings is 3. The molecular formula is C36H41FN4O5. The third kappa shape index (κ3) is 6.38. The number of aromatic nitrogens is 3. The molecule has 3 heterocycles. The summed E-state index contributed by atoms with van der Waals surface area (Å²) in [6.07, 6.45) is 0.664. The highest BCUT2D eigenvalue weighted by Gasteiger charge is 2.28. The highest BCUT2D eigenvalue weighted by molar-refractivity contribution is 6.04. The van der Waals surface area contributed by atoms with Crippen molar-refractivity contribution in [3.63, 3.8) is 0 Å². The van der Waals surface area contributed by atoms with Crippen LogP contribution in [-0.4, -0.2) is 76.8 Å². The van der Waals surface area contributed by atoms with Gasteiger partial charge in [0, 0.05) is 54.3 Å². The summed E-state index contributed by atoms with van der Waals surface area (Å²) in [5.74, 6) is -0.157. The first kappa shape index (κ1) is 31.7. The van der Waals surface area contributed by atoms with Gasteiger partial charge < -0.3 is 24.3 Å². The van der Waals surface area contributed by atoms with E-state index in [1.54, 1.807) is 24.7 Å². The van der Waals surface area contributed by atoms with Crippen molar-refractivity contribution in [2.45, 2.75) is 39.2 Å². The number of nitrogens with one attached hydrogen (secondary N) is 1. The van der Waals surface area contributed by atoms with Crippen LogP contribution in [-0.2, 0) is 22.9 Å². The minimum Gasteiger partial charge on any atom is -0.493 e. The van der Waals surface area contributed by atoms with Crippen molar-refractivity contribution in [3.05, 3.63) is 83.1 Å². The second kappa shape index (κ2) is 14.0. The fourth-order valence-electron chi connectivity index (χ4n) is 6.37. The van der Waals surface area contributed by atoms with Gasteiger partial charge in [-0.15, -0.1) is 0 Å². The summed E-state index contributed by atoms with van der Waals surface area (Å²) in [6, 6.07) is 17.2. The van der Waals surface area contributed by atoms with Crippen LogP contribution in [0.5, 0.6) is 5.75 Å². The Morgan fingerprint density at radius 3 is 2.67 bits per heavy atom. The summed E-state index contributed by atoms with van der Waals surface area (Å²) < 4.78 is 34.6. The average molecular weight is 629 g/mol. The Kier molecular flexibility index (Phi) is 9.67. The van der Waals surface area contributed by atoms with Gasteiger partial charge in [-0.3, -0.25) is 9.58 Å². The molecule has 3 aromatic carbocycles. The zero-order chi connectivity index (χ0) is 32.2. The monoisotopic (exact) mass is 628 g/mol. The van der Waals surface area contributed by atoms with Crippen molar-refractivity contribution in [1.29, 1.82) is 0 Å². The number of aliphatic hydroxyl groups excluding tert-OH is 1. The lowest BCUT2D eigenvalue weighted by atomic mass is 9.95. The number of ether oxygens (including phenoxy) is 3. The highest BCUT2D eigenvalue weighted by Crippen LogP contribution is 2.40. The molecule has 10 heteroatoms. The molecule has 2 N–H and O–H groups in total. The number of rotatable bonds is 12. The van der Waals surface area contributed by atoms with Gasteiger partial charge >= 0.3 is 5.97 Å². The van der Waals surface area contributed by atoms with Crippen LogP contribution in [0, 0.1) is 12.7 Å². The molecule has 46 heavy (non-hydrogen) atoms. The van der Waals surface area contributed by atoms with Crippen LogP contribution in [0.2, 0.25) is 0 Å². The van der Waals surface area contributed by atoms with E-state index in [-0.39, 0.29) is 12.2 Å². The lowest BCUT2D eigenvalue weighted by molar-refractivity contribution is 0.0297. The van der Waals surface area contributed by atoms with Gasteiger partial charge in [0.15, 0.2) is 0 Å². The Bertz CT molecular complexity index is 1840. The zero-order valence-corrected chi connectivity index (χ0v) is 26.6. The fraction of sp³-hybridized carbons (Fsp3) is 0.389. The predicted octanol–water partition coefficient (Wildman–Crippen LogP) is 6.11. The van der Waals surface area contributed by atoms with Gasteiger partial charge in [0.05, 0.1) is 43.7 Å². The second-order valence-corrected chi connectivity index (χ2v) is 11.7. The van der Waals surface area contributed by atoms with E-state index in [9.17, 15) is 9.90 Å². The fourth-order valence-corrected chi connectivity index (χ4v) is 6.37. The van der Waals surface area contributed by atoms with Gasteiger partial charge in [-0.2, -0.15) is 5.10 Å². The van der Waals surface area contributed by atoms with Crippen LogP contribution in [0.15, 0.2) is 54.6 Å². The van der Waals surface area contributed by atoms with Crippen molar-refractivity contribution in [3.8, 4) is 16.9 Å². The van der Waals surface area contributed by atoms with Crippen LogP contribution in [0.3, 0.4) is 0 Å². The Labute approximate surface area is 267 Å². The zero-order valence-electron chi connectivity index (χ0n) is 26.6. The summed E-state index contributed by atoms with van der Waals surface area (Å²) in [5, 5.41) is 18.9. The molecular weight excluding hydrogens is 587 g/mol. The third-order valence-electron chi connectivity index (χ3n) is 8.84. The molecule has 0 saturated carbocycles. The van der Waals surface area contributed by atoms with Gasteiger partial charge in [-0.25, -0.2) is 9.18 Å². The van der Waals surface area contributed by atoms with Crippen molar-refractivity contribution in [1.82, 2.24) is 19.7 Å². The first-order chi connectivity index (χ1) is 22.4. The highest BCUT2D eigenvalue weighted by atomic mass is 19.1. The first-order valence-electron chi connectivity index (χ1n) is 16.0. The van der Waals surface area contributed by atoms with Crippen LogP contribution in [0.1, 0.15) is 53.3 Å². The number of nitrogens with zero attached hydrogens (tertiary/aromatic N) is 3. The van der Waals surface area contributed by atoms with Crippen LogP contribution >= 0.6 is 0 Å². The number of aromatic amines is 1. The predicted molar refractivity (Wildman–Crippen MR) is 176 cm³/mol. The summed E-state index contributed by atoms with van der Waals surface area (Å²) in [5.41, 5.74) is 3.46. The average Bonchev–Trinajstić information content (AvgIpc) is 3.59. The third-order valence-corrected chi connectivity index (χ3v) is 8.84. The largest absolute Gasteiger partial charge is 0.493 e. The van der Waals surface area contributed by atoms with Crippen molar-refractivity contribution in [2.75, 3.05) is 46.1 Å². The molecule has 5 aromatic rings. The normalized spacial score (nSPS) is 14.6. The molecule has 1 unspecified atom stereocenters. The smallest absolute Gasteiger partial charge is 0.355 e. The van der Waals surface area contributed by atoms with E-state index < -0.39 is 17.9 Å². The lowest BCUT2D eigenvalue weighted by Crippen LogP contribution is -2.37. The number of morpholine rings is 1.